The van der Waals surface area contributed by atoms with Crippen molar-refractivity contribution in [3.05, 3.63) is 21.3 Å². The average Bonchev–Trinajstić information content (AvgIpc) is 2.57. The van der Waals surface area contributed by atoms with Crippen molar-refractivity contribution in [2.45, 2.75) is 32.0 Å². The Kier molecular flexibility index (Phi) is 5.08. The van der Waals surface area contributed by atoms with Gasteiger partial charge in [0.2, 0.25) is 0 Å². The third-order valence-electron chi connectivity index (χ3n) is 2.01. The van der Waals surface area contributed by atoms with Gasteiger partial charge in [0.25, 0.3) is 0 Å². The fourth-order valence-corrected chi connectivity index (χ4v) is 2.48. The van der Waals surface area contributed by atoms with Gasteiger partial charge in [-0.25, -0.2) is 0 Å². The van der Waals surface area contributed by atoms with Crippen LogP contribution >= 0.6 is 22.9 Å². The third kappa shape index (κ3) is 4.72. The van der Waals surface area contributed by atoms with Gasteiger partial charge in [0.15, 0.2) is 0 Å². The molecule has 0 spiro atoms. The highest BCUT2D eigenvalue weighted by molar-refractivity contribution is 7.16. The van der Waals surface area contributed by atoms with E-state index in [1.54, 1.807) is 12.1 Å². The van der Waals surface area contributed by atoms with Crippen LogP contribution in [0.15, 0.2) is 12.1 Å². The molecule has 1 heterocycles. The van der Waals surface area contributed by atoms with Crippen molar-refractivity contribution in [2.24, 2.45) is 0 Å². The van der Waals surface area contributed by atoms with Crippen molar-refractivity contribution in [3.63, 3.8) is 0 Å². The van der Waals surface area contributed by atoms with Gasteiger partial charge in [-0.2, -0.15) is 13.2 Å². The fraction of sp³-hybridized carbons (Fsp3) is 0.600. The van der Waals surface area contributed by atoms with Gasteiger partial charge in [0.05, 0.1) is 16.8 Å². The lowest BCUT2D eigenvalue weighted by Crippen LogP contribution is -2.26. The fourth-order valence-electron chi connectivity index (χ4n) is 1.34. The second-order valence-corrected chi connectivity index (χ2v) is 5.21. The summed E-state index contributed by atoms with van der Waals surface area (Å²) in [5.74, 6) is 0. The largest absolute Gasteiger partial charge is 0.390 e. The number of thiophene rings is 1. The number of rotatable bonds is 5. The highest BCUT2D eigenvalue weighted by atomic mass is 35.5. The lowest BCUT2D eigenvalue weighted by molar-refractivity contribution is -0.140. The molecule has 6 heteroatoms. The SMILES string of the molecule is CCCNC(CC(F)(F)F)c1ccc(Cl)s1. The van der Waals surface area contributed by atoms with Crippen LogP contribution in [-0.2, 0) is 0 Å². The standard InChI is InChI=1S/C10H13ClF3NS/c1-2-5-15-7(6-10(12,13)14)8-3-4-9(11)16-8/h3-4,7,15H,2,5-6H2,1H3. The van der Waals surface area contributed by atoms with Crippen LogP contribution in [0.4, 0.5) is 13.2 Å². The van der Waals surface area contributed by atoms with Crippen LogP contribution in [0.1, 0.15) is 30.7 Å². The molecular formula is C10H13ClF3NS. The Morgan fingerprint density at radius 1 is 1.44 bits per heavy atom. The van der Waals surface area contributed by atoms with Gasteiger partial charge in [-0.15, -0.1) is 11.3 Å². The maximum atomic E-state index is 12.4. The third-order valence-corrected chi connectivity index (χ3v) is 3.36. The zero-order valence-corrected chi connectivity index (χ0v) is 10.3. The Morgan fingerprint density at radius 3 is 2.56 bits per heavy atom. The van der Waals surface area contributed by atoms with Gasteiger partial charge >= 0.3 is 6.18 Å². The quantitative estimate of drug-likeness (QED) is 0.837. The van der Waals surface area contributed by atoms with Crippen molar-refractivity contribution in [1.29, 1.82) is 0 Å². The molecule has 1 atom stereocenters. The first-order valence-corrected chi connectivity index (χ1v) is 6.17. The van der Waals surface area contributed by atoms with Crippen LogP contribution in [0.2, 0.25) is 4.34 Å². The van der Waals surface area contributed by atoms with Crippen molar-refractivity contribution in [3.8, 4) is 0 Å². The second-order valence-electron chi connectivity index (χ2n) is 3.47. The second kappa shape index (κ2) is 5.89. The molecule has 0 saturated carbocycles. The highest BCUT2D eigenvalue weighted by Crippen LogP contribution is 2.34. The molecule has 1 nitrogen and oxygen atoms in total. The van der Waals surface area contributed by atoms with Crippen LogP contribution in [0.5, 0.6) is 0 Å². The van der Waals surface area contributed by atoms with Gasteiger partial charge in [-0.05, 0) is 25.1 Å². The summed E-state index contributed by atoms with van der Waals surface area (Å²) in [7, 11) is 0. The summed E-state index contributed by atoms with van der Waals surface area (Å²) in [5.41, 5.74) is 0. The molecule has 0 fully saturated rings. The normalized spacial score (nSPS) is 14.1. The zero-order valence-electron chi connectivity index (χ0n) is 8.77. The molecule has 0 aliphatic carbocycles. The van der Waals surface area contributed by atoms with E-state index >= 15 is 0 Å². The van der Waals surface area contributed by atoms with E-state index < -0.39 is 18.6 Å². The number of alkyl halides is 3. The van der Waals surface area contributed by atoms with E-state index in [1.807, 2.05) is 6.92 Å². The van der Waals surface area contributed by atoms with E-state index in [0.29, 0.717) is 15.8 Å². The molecule has 0 aromatic carbocycles. The van der Waals surface area contributed by atoms with Crippen LogP contribution in [-0.4, -0.2) is 12.7 Å². The molecule has 92 valence electrons. The summed E-state index contributed by atoms with van der Waals surface area (Å²) in [6, 6.07) is 2.59. The maximum absolute atomic E-state index is 12.4. The zero-order chi connectivity index (χ0) is 12.2. The molecule has 0 bridgehead atoms. The van der Waals surface area contributed by atoms with Crippen LogP contribution < -0.4 is 5.32 Å². The minimum absolute atomic E-state index is 0.514. The lowest BCUT2D eigenvalue weighted by atomic mass is 10.1. The van der Waals surface area contributed by atoms with E-state index in [9.17, 15) is 13.2 Å². The van der Waals surface area contributed by atoms with Crippen molar-refractivity contribution >= 4 is 22.9 Å². The summed E-state index contributed by atoms with van der Waals surface area (Å²) in [6.07, 6.45) is -4.22. The first-order valence-electron chi connectivity index (χ1n) is 4.97. The van der Waals surface area contributed by atoms with Crippen molar-refractivity contribution in [2.75, 3.05) is 6.54 Å². The topological polar surface area (TPSA) is 12.0 Å². The highest BCUT2D eigenvalue weighted by Gasteiger charge is 2.32. The molecule has 0 radical (unpaired) electrons. The van der Waals surface area contributed by atoms with Crippen LogP contribution in [0, 0.1) is 0 Å². The summed E-state index contributed by atoms with van der Waals surface area (Å²) in [4.78, 5) is 0.635. The van der Waals surface area contributed by atoms with Crippen LogP contribution in [0.25, 0.3) is 0 Å². The monoisotopic (exact) mass is 271 g/mol. The Bertz CT molecular complexity index is 324. The summed E-state index contributed by atoms with van der Waals surface area (Å²) in [5, 5.41) is 2.89. The van der Waals surface area contributed by atoms with Crippen LogP contribution in [0.3, 0.4) is 0 Å². The molecule has 1 aromatic heterocycles. The first-order chi connectivity index (χ1) is 7.42. The van der Waals surface area contributed by atoms with E-state index in [2.05, 4.69) is 5.32 Å². The van der Waals surface area contributed by atoms with Crippen molar-refractivity contribution in [1.82, 2.24) is 5.32 Å². The minimum atomic E-state index is -4.16. The smallest absolute Gasteiger partial charge is 0.309 e. The van der Waals surface area contributed by atoms with E-state index in [1.165, 1.54) is 11.3 Å². The number of hydrogen-bond donors (Lipinski definition) is 1. The van der Waals surface area contributed by atoms with Gasteiger partial charge < -0.3 is 5.32 Å². The van der Waals surface area contributed by atoms with E-state index in [0.717, 1.165) is 6.42 Å². The molecule has 1 aromatic rings. The van der Waals surface area contributed by atoms with E-state index in [-0.39, 0.29) is 0 Å². The van der Waals surface area contributed by atoms with Gasteiger partial charge in [-0.1, -0.05) is 18.5 Å². The number of halogens is 4. The van der Waals surface area contributed by atoms with Gasteiger partial charge in [-0.3, -0.25) is 0 Å². The number of nitrogens with one attached hydrogen (secondary N) is 1. The molecule has 1 rings (SSSR count). The van der Waals surface area contributed by atoms with E-state index in [4.69, 9.17) is 11.6 Å². The Labute approximate surface area is 102 Å². The van der Waals surface area contributed by atoms with Gasteiger partial charge in [0, 0.05) is 4.88 Å². The Hall–Kier alpha value is -0.260. The summed E-state index contributed by atoms with van der Waals surface area (Å²) < 4.78 is 37.6. The lowest BCUT2D eigenvalue weighted by Gasteiger charge is -2.18. The molecule has 0 aliphatic heterocycles. The first kappa shape index (κ1) is 13.8. The number of hydrogen-bond acceptors (Lipinski definition) is 2. The molecule has 0 amide bonds. The molecule has 1 N–H and O–H groups in total. The predicted octanol–water partition coefficient (Wildman–Crippen LogP) is 4.39. The molecular weight excluding hydrogens is 259 g/mol. The molecule has 0 aliphatic rings. The minimum Gasteiger partial charge on any atom is -0.309 e. The predicted molar refractivity (Wildman–Crippen MR) is 61.0 cm³/mol. The molecule has 0 saturated heterocycles. The molecule has 16 heavy (non-hydrogen) atoms. The Balaban J connectivity index is 2.71. The molecule has 1 unspecified atom stereocenters. The Morgan fingerprint density at radius 2 is 2.12 bits per heavy atom. The average molecular weight is 272 g/mol. The van der Waals surface area contributed by atoms with Crippen molar-refractivity contribution < 1.29 is 13.2 Å². The summed E-state index contributed by atoms with van der Waals surface area (Å²) >= 11 is 6.91. The summed E-state index contributed by atoms with van der Waals surface area (Å²) in [6.45, 7) is 2.48. The maximum Gasteiger partial charge on any atom is 0.390 e. The van der Waals surface area contributed by atoms with Gasteiger partial charge in [0.1, 0.15) is 0 Å².